The Morgan fingerprint density at radius 1 is 1.11 bits per heavy atom. The summed E-state index contributed by atoms with van der Waals surface area (Å²) in [5.41, 5.74) is 3.31. The Bertz CT molecular complexity index is 688. The molecule has 0 spiro atoms. The zero-order chi connectivity index (χ0) is 13.2. The highest BCUT2D eigenvalue weighted by molar-refractivity contribution is 5.78. The topological polar surface area (TPSA) is 38.1 Å². The molecule has 3 rings (SSSR count). The number of rotatable bonds is 3. The average Bonchev–Trinajstić information content (AvgIpc) is 2.83. The molecule has 0 aliphatic carbocycles. The van der Waals surface area contributed by atoms with Gasteiger partial charge in [-0.1, -0.05) is 11.6 Å². The molecule has 1 atom stereocenters. The summed E-state index contributed by atoms with van der Waals surface area (Å²) in [6.07, 6.45) is 3.60. The number of nitrogens with zero attached hydrogens (tertiary/aromatic N) is 1. The van der Waals surface area contributed by atoms with Gasteiger partial charge in [0.1, 0.15) is 11.3 Å². The number of hydrogen-bond donors (Lipinski definition) is 1. The van der Waals surface area contributed by atoms with E-state index in [1.54, 1.807) is 12.4 Å². The molecule has 19 heavy (non-hydrogen) atoms. The van der Waals surface area contributed by atoms with Crippen LogP contribution in [-0.2, 0) is 0 Å². The normalized spacial score (nSPS) is 12.7. The van der Waals surface area contributed by atoms with Gasteiger partial charge in [-0.15, -0.1) is 0 Å². The molecule has 1 unspecified atom stereocenters. The maximum absolute atomic E-state index is 5.95. The molecule has 0 radical (unpaired) electrons. The van der Waals surface area contributed by atoms with Crippen molar-refractivity contribution in [2.45, 2.75) is 13.0 Å². The number of aryl methyl sites for hydroxylation is 1. The van der Waals surface area contributed by atoms with Gasteiger partial charge in [0.05, 0.1) is 6.04 Å². The second-order valence-corrected chi connectivity index (χ2v) is 4.69. The van der Waals surface area contributed by atoms with Gasteiger partial charge in [0.25, 0.3) is 0 Å². The van der Waals surface area contributed by atoms with Crippen LogP contribution in [0, 0.1) is 6.92 Å². The summed E-state index contributed by atoms with van der Waals surface area (Å²) in [6.45, 7) is 2.09. The lowest BCUT2D eigenvalue weighted by molar-refractivity contribution is 0.491. The highest BCUT2D eigenvalue weighted by atomic mass is 16.3. The first kappa shape index (κ1) is 11.9. The fourth-order valence-corrected chi connectivity index (χ4v) is 2.35. The van der Waals surface area contributed by atoms with Crippen molar-refractivity contribution in [3.8, 4) is 0 Å². The SMILES string of the molecule is CNC(c1ccncc1)c1cc2cc(C)ccc2o1. The minimum absolute atomic E-state index is 0.0516. The molecular weight excluding hydrogens is 236 g/mol. The monoisotopic (exact) mass is 252 g/mol. The van der Waals surface area contributed by atoms with Gasteiger partial charge in [-0.05, 0) is 49.9 Å². The number of furan rings is 1. The second-order valence-electron chi connectivity index (χ2n) is 4.69. The number of fused-ring (bicyclic) bond motifs is 1. The van der Waals surface area contributed by atoms with E-state index in [4.69, 9.17) is 4.42 Å². The summed E-state index contributed by atoms with van der Waals surface area (Å²) in [5, 5.41) is 4.43. The maximum Gasteiger partial charge on any atom is 0.134 e. The number of benzene rings is 1. The largest absolute Gasteiger partial charge is 0.459 e. The average molecular weight is 252 g/mol. The first-order valence-electron chi connectivity index (χ1n) is 6.35. The third-order valence-corrected chi connectivity index (χ3v) is 3.30. The van der Waals surface area contributed by atoms with Crippen molar-refractivity contribution in [3.05, 3.63) is 65.7 Å². The lowest BCUT2D eigenvalue weighted by Crippen LogP contribution is -2.16. The smallest absolute Gasteiger partial charge is 0.134 e. The van der Waals surface area contributed by atoms with Gasteiger partial charge >= 0.3 is 0 Å². The molecule has 0 fully saturated rings. The molecule has 0 bridgehead atoms. The maximum atomic E-state index is 5.95. The molecule has 3 nitrogen and oxygen atoms in total. The Hall–Kier alpha value is -2.13. The predicted molar refractivity (Wildman–Crippen MR) is 76.1 cm³/mol. The number of nitrogens with one attached hydrogen (secondary N) is 1. The molecule has 3 aromatic rings. The zero-order valence-electron chi connectivity index (χ0n) is 11.1. The van der Waals surface area contributed by atoms with Crippen LogP contribution in [0.3, 0.4) is 0 Å². The Balaban J connectivity index is 2.07. The Labute approximate surface area is 112 Å². The van der Waals surface area contributed by atoms with Crippen molar-refractivity contribution in [2.24, 2.45) is 0 Å². The van der Waals surface area contributed by atoms with Crippen LogP contribution >= 0.6 is 0 Å². The molecule has 96 valence electrons. The van der Waals surface area contributed by atoms with Gasteiger partial charge < -0.3 is 9.73 Å². The van der Waals surface area contributed by atoms with Crippen LogP contribution in [0.25, 0.3) is 11.0 Å². The van der Waals surface area contributed by atoms with Crippen molar-refractivity contribution in [1.82, 2.24) is 10.3 Å². The lowest BCUT2D eigenvalue weighted by atomic mass is 10.1. The van der Waals surface area contributed by atoms with E-state index in [-0.39, 0.29) is 6.04 Å². The summed E-state index contributed by atoms with van der Waals surface area (Å²) >= 11 is 0. The van der Waals surface area contributed by atoms with Crippen molar-refractivity contribution in [2.75, 3.05) is 7.05 Å². The summed E-state index contributed by atoms with van der Waals surface area (Å²) in [6, 6.07) is 12.4. The fourth-order valence-electron chi connectivity index (χ4n) is 2.35. The van der Waals surface area contributed by atoms with Crippen molar-refractivity contribution >= 4 is 11.0 Å². The lowest BCUT2D eigenvalue weighted by Gasteiger charge is -2.13. The fraction of sp³-hybridized carbons (Fsp3) is 0.188. The molecule has 0 amide bonds. The van der Waals surface area contributed by atoms with Crippen molar-refractivity contribution in [1.29, 1.82) is 0 Å². The van der Waals surface area contributed by atoms with Crippen LogP contribution in [0.15, 0.2) is 53.2 Å². The van der Waals surface area contributed by atoms with Crippen molar-refractivity contribution < 1.29 is 4.42 Å². The summed E-state index contributed by atoms with van der Waals surface area (Å²) in [5.74, 6) is 0.925. The molecule has 0 saturated heterocycles. The highest BCUT2D eigenvalue weighted by Gasteiger charge is 2.16. The van der Waals surface area contributed by atoms with Gasteiger partial charge in [-0.25, -0.2) is 0 Å². The van der Waals surface area contributed by atoms with Gasteiger partial charge in [0, 0.05) is 17.8 Å². The minimum atomic E-state index is 0.0516. The predicted octanol–water partition coefficient (Wildman–Crippen LogP) is 3.45. The van der Waals surface area contributed by atoms with Crippen LogP contribution in [0.1, 0.15) is 22.9 Å². The van der Waals surface area contributed by atoms with E-state index < -0.39 is 0 Å². The minimum Gasteiger partial charge on any atom is -0.459 e. The first-order valence-corrected chi connectivity index (χ1v) is 6.35. The third kappa shape index (κ3) is 2.25. The molecule has 2 aromatic heterocycles. The molecular formula is C16H16N2O. The number of aromatic nitrogens is 1. The summed E-state index contributed by atoms with van der Waals surface area (Å²) in [7, 11) is 1.93. The molecule has 1 N–H and O–H groups in total. The van der Waals surface area contributed by atoms with Crippen LogP contribution in [-0.4, -0.2) is 12.0 Å². The standard InChI is InChI=1S/C16H16N2O/c1-11-3-4-14-13(9-11)10-15(19-14)16(17-2)12-5-7-18-8-6-12/h3-10,16-17H,1-2H3. The van der Waals surface area contributed by atoms with Crippen molar-refractivity contribution in [3.63, 3.8) is 0 Å². The van der Waals surface area contributed by atoms with Crippen LogP contribution in [0.2, 0.25) is 0 Å². The number of pyridine rings is 1. The summed E-state index contributed by atoms with van der Waals surface area (Å²) < 4.78 is 5.95. The van der Waals surface area contributed by atoms with Gasteiger partial charge in [0.2, 0.25) is 0 Å². The van der Waals surface area contributed by atoms with Crippen LogP contribution in [0.5, 0.6) is 0 Å². The Morgan fingerprint density at radius 2 is 1.89 bits per heavy atom. The van der Waals surface area contributed by atoms with E-state index in [1.165, 1.54) is 5.56 Å². The van der Waals surface area contributed by atoms with E-state index in [1.807, 2.05) is 25.2 Å². The highest BCUT2D eigenvalue weighted by Crippen LogP contribution is 2.28. The van der Waals surface area contributed by atoms with E-state index in [0.29, 0.717) is 0 Å². The van der Waals surface area contributed by atoms with Gasteiger partial charge in [0.15, 0.2) is 0 Å². The van der Waals surface area contributed by atoms with Gasteiger partial charge in [-0.3, -0.25) is 4.98 Å². The van der Waals surface area contributed by atoms with Crippen LogP contribution < -0.4 is 5.32 Å². The molecule has 0 saturated carbocycles. The van der Waals surface area contributed by atoms with Crippen LogP contribution in [0.4, 0.5) is 0 Å². The third-order valence-electron chi connectivity index (χ3n) is 3.30. The number of hydrogen-bond acceptors (Lipinski definition) is 3. The molecule has 1 aromatic carbocycles. The van der Waals surface area contributed by atoms with E-state index in [2.05, 4.69) is 35.4 Å². The first-order chi connectivity index (χ1) is 9.28. The van der Waals surface area contributed by atoms with E-state index >= 15 is 0 Å². The molecule has 2 heterocycles. The quantitative estimate of drug-likeness (QED) is 0.776. The van der Waals surface area contributed by atoms with Gasteiger partial charge in [-0.2, -0.15) is 0 Å². The Kier molecular flexibility index (Phi) is 3.05. The van der Waals surface area contributed by atoms with E-state index in [0.717, 1.165) is 22.3 Å². The Morgan fingerprint density at radius 3 is 2.63 bits per heavy atom. The van der Waals surface area contributed by atoms with E-state index in [9.17, 15) is 0 Å². The zero-order valence-corrected chi connectivity index (χ0v) is 11.1. The molecule has 0 aliphatic rings. The molecule has 0 aliphatic heterocycles. The second kappa shape index (κ2) is 4.86. The summed E-state index contributed by atoms with van der Waals surface area (Å²) in [4.78, 5) is 4.05. The molecule has 3 heteroatoms.